The Kier molecular flexibility index (Phi) is 5.11. The summed E-state index contributed by atoms with van der Waals surface area (Å²) in [7, 11) is -0.0817. The van der Waals surface area contributed by atoms with Crippen molar-refractivity contribution >= 4 is 10.0 Å². The molecule has 2 aromatic rings. The molecular formula is C16H23N3O3S. The zero-order chi connectivity index (χ0) is 17.2. The number of hydrogen-bond acceptors (Lipinski definition) is 4. The lowest BCUT2D eigenvalue weighted by Crippen LogP contribution is -2.26. The summed E-state index contributed by atoms with van der Waals surface area (Å²) in [5.74, 6) is 0.672. The highest BCUT2D eigenvalue weighted by molar-refractivity contribution is 7.89. The number of aryl methyl sites for hydroxylation is 3. The molecule has 0 bridgehead atoms. The van der Waals surface area contributed by atoms with Gasteiger partial charge in [0, 0.05) is 19.3 Å². The van der Waals surface area contributed by atoms with Crippen molar-refractivity contribution in [3.63, 3.8) is 0 Å². The molecule has 0 unspecified atom stereocenters. The Labute approximate surface area is 137 Å². The third-order valence-electron chi connectivity index (χ3n) is 4.00. The molecule has 126 valence electrons. The average Bonchev–Trinajstić information content (AvgIpc) is 2.73. The van der Waals surface area contributed by atoms with Gasteiger partial charge in [-0.05, 0) is 56.5 Å². The number of hydrogen-bond donors (Lipinski definition) is 1. The monoisotopic (exact) mass is 337 g/mol. The second-order valence-corrected chi connectivity index (χ2v) is 7.32. The molecule has 0 radical (unpaired) electrons. The van der Waals surface area contributed by atoms with Gasteiger partial charge in [-0.15, -0.1) is 0 Å². The van der Waals surface area contributed by atoms with E-state index in [2.05, 4.69) is 9.82 Å². The first-order valence-corrected chi connectivity index (χ1v) is 8.88. The molecule has 0 aliphatic carbocycles. The highest BCUT2D eigenvalue weighted by Gasteiger charge is 2.16. The smallest absolute Gasteiger partial charge is 0.240 e. The summed E-state index contributed by atoms with van der Waals surface area (Å²) in [5, 5.41) is 4.34. The Morgan fingerprint density at radius 1 is 1.26 bits per heavy atom. The van der Waals surface area contributed by atoms with Crippen molar-refractivity contribution in [2.75, 3.05) is 13.7 Å². The van der Waals surface area contributed by atoms with Gasteiger partial charge in [0.05, 0.1) is 17.7 Å². The molecule has 0 saturated carbocycles. The van der Waals surface area contributed by atoms with Gasteiger partial charge in [-0.2, -0.15) is 5.10 Å². The molecular weight excluding hydrogens is 314 g/mol. The van der Waals surface area contributed by atoms with E-state index in [1.54, 1.807) is 25.3 Å². The van der Waals surface area contributed by atoms with Crippen LogP contribution in [-0.2, 0) is 23.5 Å². The van der Waals surface area contributed by atoms with Crippen LogP contribution < -0.4 is 9.46 Å². The second kappa shape index (κ2) is 6.72. The minimum absolute atomic E-state index is 0.246. The summed E-state index contributed by atoms with van der Waals surface area (Å²) >= 11 is 0. The van der Waals surface area contributed by atoms with Crippen LogP contribution in [0.5, 0.6) is 5.75 Å². The Bertz CT molecular complexity index is 810. The minimum atomic E-state index is -3.53. The van der Waals surface area contributed by atoms with Crippen molar-refractivity contribution in [1.82, 2.24) is 14.5 Å². The molecule has 1 heterocycles. The molecule has 0 spiro atoms. The summed E-state index contributed by atoms with van der Waals surface area (Å²) in [4.78, 5) is 0.246. The number of aromatic nitrogens is 2. The van der Waals surface area contributed by atoms with E-state index in [4.69, 9.17) is 4.74 Å². The van der Waals surface area contributed by atoms with Crippen molar-refractivity contribution < 1.29 is 13.2 Å². The molecule has 0 atom stereocenters. The maximum atomic E-state index is 12.4. The fraction of sp³-hybridized carbons (Fsp3) is 0.438. The Balaban J connectivity index is 2.08. The van der Waals surface area contributed by atoms with Crippen LogP contribution in [0.15, 0.2) is 23.1 Å². The highest BCUT2D eigenvalue weighted by Crippen LogP contribution is 2.21. The molecule has 1 aromatic carbocycles. The second-order valence-electron chi connectivity index (χ2n) is 5.55. The molecule has 6 nitrogen and oxygen atoms in total. The molecule has 0 aliphatic heterocycles. The molecule has 1 N–H and O–H groups in total. The van der Waals surface area contributed by atoms with Gasteiger partial charge < -0.3 is 4.74 Å². The van der Waals surface area contributed by atoms with Crippen molar-refractivity contribution in [3.8, 4) is 5.75 Å². The predicted octanol–water partition coefficient (Wildman–Crippen LogP) is 1.87. The van der Waals surface area contributed by atoms with Crippen LogP contribution in [0, 0.1) is 20.8 Å². The van der Waals surface area contributed by atoms with E-state index in [0.717, 1.165) is 22.5 Å². The van der Waals surface area contributed by atoms with Gasteiger partial charge in [-0.1, -0.05) is 0 Å². The fourth-order valence-electron chi connectivity index (χ4n) is 2.59. The Hall–Kier alpha value is -1.86. The van der Waals surface area contributed by atoms with Crippen LogP contribution in [0.25, 0.3) is 0 Å². The summed E-state index contributed by atoms with van der Waals surface area (Å²) < 4.78 is 34.4. The van der Waals surface area contributed by atoms with Crippen LogP contribution in [0.4, 0.5) is 0 Å². The third kappa shape index (κ3) is 3.73. The molecule has 23 heavy (non-hydrogen) atoms. The lowest BCUT2D eigenvalue weighted by molar-refractivity contribution is 0.411. The summed E-state index contributed by atoms with van der Waals surface area (Å²) in [6.07, 6.45) is 0.611. The van der Waals surface area contributed by atoms with E-state index < -0.39 is 10.0 Å². The molecule has 1 aromatic heterocycles. The van der Waals surface area contributed by atoms with Crippen LogP contribution in [0.3, 0.4) is 0 Å². The van der Waals surface area contributed by atoms with Crippen molar-refractivity contribution in [3.05, 3.63) is 40.7 Å². The quantitative estimate of drug-likeness (QED) is 0.873. The Morgan fingerprint density at radius 3 is 2.48 bits per heavy atom. The standard InChI is InChI=1S/C16H23N3O3S/c1-11-10-14(6-7-16(11)22-5)23(20,21)17-9-8-15-12(2)18-19(4)13(15)3/h6-7,10,17H,8-9H2,1-5H3. The number of methoxy groups -OCH3 is 1. The highest BCUT2D eigenvalue weighted by atomic mass is 32.2. The molecule has 7 heteroatoms. The molecule has 2 rings (SSSR count). The first-order valence-electron chi connectivity index (χ1n) is 7.39. The normalized spacial score (nSPS) is 11.7. The topological polar surface area (TPSA) is 73.2 Å². The maximum Gasteiger partial charge on any atom is 0.240 e. The SMILES string of the molecule is COc1ccc(S(=O)(=O)NCCc2c(C)nn(C)c2C)cc1C. The van der Waals surface area contributed by atoms with Crippen molar-refractivity contribution in [2.24, 2.45) is 7.05 Å². The summed E-state index contributed by atoms with van der Waals surface area (Å²) in [6, 6.07) is 4.83. The third-order valence-corrected chi connectivity index (χ3v) is 5.46. The number of rotatable bonds is 6. The van der Waals surface area contributed by atoms with Gasteiger partial charge in [0.15, 0.2) is 0 Å². The van der Waals surface area contributed by atoms with Crippen LogP contribution in [0.1, 0.15) is 22.5 Å². The van der Waals surface area contributed by atoms with Crippen LogP contribution >= 0.6 is 0 Å². The first-order chi connectivity index (χ1) is 10.8. The van der Waals surface area contributed by atoms with Gasteiger partial charge in [-0.25, -0.2) is 13.1 Å². The lowest BCUT2D eigenvalue weighted by atomic mass is 10.1. The number of benzene rings is 1. The molecule has 0 amide bonds. The largest absolute Gasteiger partial charge is 0.496 e. The molecule has 0 aliphatic rings. The van der Waals surface area contributed by atoms with Crippen LogP contribution in [-0.4, -0.2) is 31.9 Å². The van der Waals surface area contributed by atoms with Crippen molar-refractivity contribution in [1.29, 1.82) is 0 Å². The number of sulfonamides is 1. The van der Waals surface area contributed by atoms with E-state index >= 15 is 0 Å². The van der Waals surface area contributed by atoms with Crippen LogP contribution in [0.2, 0.25) is 0 Å². The zero-order valence-electron chi connectivity index (χ0n) is 14.2. The van der Waals surface area contributed by atoms with E-state index in [1.807, 2.05) is 32.5 Å². The van der Waals surface area contributed by atoms with E-state index in [9.17, 15) is 8.42 Å². The van der Waals surface area contributed by atoms with Gasteiger partial charge in [0.25, 0.3) is 0 Å². The summed E-state index contributed by atoms with van der Waals surface area (Å²) in [6.45, 7) is 6.07. The van der Waals surface area contributed by atoms with Gasteiger partial charge in [0.1, 0.15) is 5.75 Å². The first kappa shape index (κ1) is 17.5. The molecule has 0 fully saturated rings. The van der Waals surface area contributed by atoms with Gasteiger partial charge >= 0.3 is 0 Å². The zero-order valence-corrected chi connectivity index (χ0v) is 15.0. The summed E-state index contributed by atoms with van der Waals surface area (Å²) in [5.41, 5.74) is 3.86. The average molecular weight is 337 g/mol. The van der Waals surface area contributed by atoms with E-state index in [1.165, 1.54) is 0 Å². The number of nitrogens with zero attached hydrogens (tertiary/aromatic N) is 2. The lowest BCUT2D eigenvalue weighted by Gasteiger charge is -2.10. The van der Waals surface area contributed by atoms with E-state index in [0.29, 0.717) is 18.7 Å². The van der Waals surface area contributed by atoms with Gasteiger partial charge in [-0.3, -0.25) is 4.68 Å². The predicted molar refractivity (Wildman–Crippen MR) is 89.3 cm³/mol. The maximum absolute atomic E-state index is 12.4. The van der Waals surface area contributed by atoms with E-state index in [-0.39, 0.29) is 4.90 Å². The molecule has 0 saturated heterocycles. The fourth-order valence-corrected chi connectivity index (χ4v) is 3.71. The van der Waals surface area contributed by atoms with Gasteiger partial charge in [0.2, 0.25) is 10.0 Å². The minimum Gasteiger partial charge on any atom is -0.496 e. The Morgan fingerprint density at radius 2 is 1.96 bits per heavy atom. The number of nitrogens with one attached hydrogen (secondary N) is 1. The van der Waals surface area contributed by atoms with Crippen molar-refractivity contribution in [2.45, 2.75) is 32.1 Å². The number of ether oxygens (including phenoxy) is 1.